The van der Waals surface area contributed by atoms with Gasteiger partial charge in [-0.05, 0) is 38.0 Å². The third kappa shape index (κ3) is 3.94. The SMILES string of the molecule is CCn1nccc1C(=O)N1CCCC(OCc2noc(-c3ccncc3)n2)C1. The first-order valence-electron chi connectivity index (χ1n) is 9.40. The van der Waals surface area contributed by atoms with Gasteiger partial charge < -0.3 is 14.2 Å². The number of nitrogens with zero attached hydrogens (tertiary/aromatic N) is 6. The van der Waals surface area contributed by atoms with Gasteiger partial charge in [0.15, 0.2) is 5.82 Å². The van der Waals surface area contributed by atoms with Crippen LogP contribution in [0, 0.1) is 0 Å². The Bertz CT molecular complexity index is 923. The average Bonchev–Trinajstić information content (AvgIpc) is 3.42. The first-order chi connectivity index (χ1) is 13.7. The molecule has 1 fully saturated rings. The Balaban J connectivity index is 1.34. The molecule has 3 aromatic heterocycles. The molecule has 0 radical (unpaired) electrons. The first-order valence-corrected chi connectivity index (χ1v) is 9.40. The van der Waals surface area contributed by atoms with Gasteiger partial charge in [0.2, 0.25) is 0 Å². The molecular weight excluding hydrogens is 360 g/mol. The van der Waals surface area contributed by atoms with Crippen molar-refractivity contribution >= 4 is 5.91 Å². The molecule has 146 valence electrons. The summed E-state index contributed by atoms with van der Waals surface area (Å²) in [5, 5.41) is 8.15. The zero-order valence-electron chi connectivity index (χ0n) is 15.7. The van der Waals surface area contributed by atoms with Gasteiger partial charge in [-0.25, -0.2) is 0 Å². The lowest BCUT2D eigenvalue weighted by Crippen LogP contribution is -2.43. The molecule has 1 atom stereocenters. The third-order valence-electron chi connectivity index (χ3n) is 4.74. The molecule has 4 rings (SSSR count). The van der Waals surface area contributed by atoms with E-state index in [9.17, 15) is 4.79 Å². The van der Waals surface area contributed by atoms with Crippen LogP contribution in [0.25, 0.3) is 11.5 Å². The summed E-state index contributed by atoms with van der Waals surface area (Å²) in [6, 6.07) is 5.38. The van der Waals surface area contributed by atoms with Crippen LogP contribution in [0.3, 0.4) is 0 Å². The van der Waals surface area contributed by atoms with Crippen molar-refractivity contribution < 1.29 is 14.1 Å². The second kappa shape index (κ2) is 8.30. The van der Waals surface area contributed by atoms with Crippen molar-refractivity contribution in [1.29, 1.82) is 0 Å². The second-order valence-corrected chi connectivity index (χ2v) is 6.61. The summed E-state index contributed by atoms with van der Waals surface area (Å²) in [6.45, 7) is 4.15. The molecule has 1 saturated heterocycles. The van der Waals surface area contributed by atoms with Crippen LogP contribution < -0.4 is 0 Å². The van der Waals surface area contributed by atoms with Crippen LogP contribution in [-0.2, 0) is 17.9 Å². The van der Waals surface area contributed by atoms with E-state index in [1.165, 1.54) is 0 Å². The van der Waals surface area contributed by atoms with Gasteiger partial charge in [0, 0.05) is 43.8 Å². The number of likely N-dealkylation sites (tertiary alicyclic amines) is 1. The van der Waals surface area contributed by atoms with Crippen molar-refractivity contribution in [2.24, 2.45) is 0 Å². The third-order valence-corrected chi connectivity index (χ3v) is 4.74. The zero-order valence-corrected chi connectivity index (χ0v) is 15.7. The number of aromatic nitrogens is 5. The molecule has 0 aromatic carbocycles. The maximum atomic E-state index is 12.8. The van der Waals surface area contributed by atoms with Crippen LogP contribution >= 0.6 is 0 Å². The van der Waals surface area contributed by atoms with E-state index in [-0.39, 0.29) is 18.6 Å². The van der Waals surface area contributed by atoms with Gasteiger partial charge in [-0.1, -0.05) is 5.16 Å². The Hall–Kier alpha value is -3.07. The monoisotopic (exact) mass is 382 g/mol. The van der Waals surface area contributed by atoms with Crippen molar-refractivity contribution in [3.8, 4) is 11.5 Å². The Morgan fingerprint density at radius 1 is 1.29 bits per heavy atom. The van der Waals surface area contributed by atoms with Crippen LogP contribution in [0.15, 0.2) is 41.3 Å². The number of piperidine rings is 1. The summed E-state index contributed by atoms with van der Waals surface area (Å²) >= 11 is 0. The van der Waals surface area contributed by atoms with Crippen LogP contribution in [0.5, 0.6) is 0 Å². The van der Waals surface area contributed by atoms with Crippen molar-refractivity contribution in [2.75, 3.05) is 13.1 Å². The van der Waals surface area contributed by atoms with Crippen molar-refractivity contribution in [1.82, 2.24) is 29.8 Å². The van der Waals surface area contributed by atoms with E-state index < -0.39 is 0 Å². The molecule has 1 unspecified atom stereocenters. The van der Waals surface area contributed by atoms with Crippen LogP contribution in [0.4, 0.5) is 0 Å². The highest BCUT2D eigenvalue weighted by Gasteiger charge is 2.27. The molecule has 1 aliphatic rings. The molecule has 9 heteroatoms. The number of pyridine rings is 1. The van der Waals surface area contributed by atoms with Gasteiger partial charge in [-0.15, -0.1) is 0 Å². The summed E-state index contributed by atoms with van der Waals surface area (Å²) in [5.41, 5.74) is 1.43. The minimum atomic E-state index is -0.0569. The Morgan fingerprint density at radius 2 is 2.14 bits per heavy atom. The highest BCUT2D eigenvalue weighted by Crippen LogP contribution is 2.19. The lowest BCUT2D eigenvalue weighted by atomic mass is 10.1. The molecule has 0 saturated carbocycles. The van der Waals surface area contributed by atoms with Crippen LogP contribution in [-0.4, -0.2) is 54.9 Å². The predicted molar refractivity (Wildman–Crippen MR) is 99.1 cm³/mol. The van der Waals surface area contributed by atoms with E-state index in [1.54, 1.807) is 29.3 Å². The fourth-order valence-electron chi connectivity index (χ4n) is 3.30. The number of carbonyl (C=O) groups excluding carboxylic acids is 1. The minimum Gasteiger partial charge on any atom is -0.368 e. The minimum absolute atomic E-state index is 0.00724. The average molecular weight is 382 g/mol. The normalized spacial score (nSPS) is 17.0. The van der Waals surface area contributed by atoms with Crippen molar-refractivity contribution in [3.63, 3.8) is 0 Å². The van der Waals surface area contributed by atoms with Gasteiger partial charge in [0.05, 0.1) is 6.10 Å². The van der Waals surface area contributed by atoms with Crippen molar-refractivity contribution in [2.45, 2.75) is 39.0 Å². The Kier molecular flexibility index (Phi) is 5.43. The summed E-state index contributed by atoms with van der Waals surface area (Å²) in [7, 11) is 0. The number of hydrogen-bond acceptors (Lipinski definition) is 7. The molecule has 0 bridgehead atoms. The Labute approximate surface area is 162 Å². The maximum Gasteiger partial charge on any atom is 0.272 e. The van der Waals surface area contributed by atoms with Gasteiger partial charge in [-0.3, -0.25) is 14.5 Å². The predicted octanol–water partition coefficient (Wildman–Crippen LogP) is 2.17. The molecule has 0 aliphatic carbocycles. The van der Waals surface area contributed by atoms with Gasteiger partial charge in [0.1, 0.15) is 12.3 Å². The molecule has 1 aliphatic heterocycles. The number of ether oxygens (including phenoxy) is 1. The largest absolute Gasteiger partial charge is 0.368 e. The zero-order chi connectivity index (χ0) is 19.3. The van der Waals surface area contributed by atoms with Crippen molar-refractivity contribution in [3.05, 3.63) is 48.3 Å². The molecule has 28 heavy (non-hydrogen) atoms. The summed E-state index contributed by atoms with van der Waals surface area (Å²) < 4.78 is 13.0. The van der Waals surface area contributed by atoms with E-state index in [0.29, 0.717) is 30.5 Å². The van der Waals surface area contributed by atoms with Crippen LogP contribution in [0.2, 0.25) is 0 Å². The van der Waals surface area contributed by atoms with Crippen LogP contribution in [0.1, 0.15) is 36.1 Å². The van der Waals surface area contributed by atoms with Gasteiger partial charge in [-0.2, -0.15) is 10.1 Å². The van der Waals surface area contributed by atoms with E-state index >= 15 is 0 Å². The van der Waals surface area contributed by atoms with Gasteiger partial charge in [0.25, 0.3) is 11.8 Å². The second-order valence-electron chi connectivity index (χ2n) is 6.61. The summed E-state index contributed by atoms with van der Waals surface area (Å²) in [4.78, 5) is 22.9. The fraction of sp³-hybridized carbons (Fsp3) is 0.421. The maximum absolute atomic E-state index is 12.8. The number of aryl methyl sites for hydroxylation is 1. The molecule has 3 aromatic rings. The van der Waals surface area contributed by atoms with E-state index in [2.05, 4.69) is 20.2 Å². The van der Waals surface area contributed by atoms with E-state index in [1.807, 2.05) is 24.0 Å². The molecule has 0 spiro atoms. The fourth-order valence-corrected chi connectivity index (χ4v) is 3.30. The van der Waals surface area contributed by atoms with E-state index in [0.717, 1.165) is 24.9 Å². The summed E-state index contributed by atoms with van der Waals surface area (Å²) in [6.07, 6.45) is 6.74. The molecule has 0 N–H and O–H groups in total. The smallest absolute Gasteiger partial charge is 0.272 e. The molecular formula is C19H22N6O3. The summed E-state index contributed by atoms with van der Waals surface area (Å²) in [5.74, 6) is 0.917. The Morgan fingerprint density at radius 3 is 2.96 bits per heavy atom. The topological polar surface area (TPSA) is 99.2 Å². The lowest BCUT2D eigenvalue weighted by molar-refractivity contribution is -0.00991. The number of carbonyl (C=O) groups is 1. The highest BCUT2D eigenvalue weighted by atomic mass is 16.5. The van der Waals surface area contributed by atoms with E-state index in [4.69, 9.17) is 9.26 Å². The number of rotatable bonds is 6. The standard InChI is InChI=1S/C19H22N6O3/c1-2-25-16(7-10-21-25)19(26)24-11-3-4-15(12-24)27-13-17-22-18(28-23-17)14-5-8-20-9-6-14/h5-10,15H,2-4,11-13H2,1H3. The quantitative estimate of drug-likeness (QED) is 0.644. The number of hydrogen-bond donors (Lipinski definition) is 0. The lowest BCUT2D eigenvalue weighted by Gasteiger charge is -2.32. The highest BCUT2D eigenvalue weighted by molar-refractivity contribution is 5.92. The molecule has 4 heterocycles. The van der Waals surface area contributed by atoms with Gasteiger partial charge >= 0.3 is 0 Å². The molecule has 9 nitrogen and oxygen atoms in total. The molecule has 1 amide bonds. The first kappa shape index (κ1) is 18.3. The number of amides is 1.